The van der Waals surface area contributed by atoms with Crippen molar-refractivity contribution in [3.8, 4) is 12.3 Å². The van der Waals surface area contributed by atoms with Gasteiger partial charge in [-0.05, 0) is 41.9 Å². The van der Waals surface area contributed by atoms with Gasteiger partial charge in [0.05, 0.1) is 0 Å². The van der Waals surface area contributed by atoms with Gasteiger partial charge in [-0.2, -0.15) is 0 Å². The Labute approximate surface area is 116 Å². The second kappa shape index (κ2) is 5.61. The molecule has 0 N–H and O–H groups in total. The smallest absolute Gasteiger partial charge is 0.133 e. The van der Waals surface area contributed by atoms with E-state index in [-0.39, 0.29) is 0 Å². The quantitative estimate of drug-likeness (QED) is 0.690. The van der Waals surface area contributed by atoms with Crippen molar-refractivity contribution in [2.45, 2.75) is 51.4 Å². The number of hydrogen-bond donors (Lipinski definition) is 0. The molecule has 1 nitrogen and oxygen atoms in total. The number of rotatable bonds is 1. The van der Waals surface area contributed by atoms with Crippen molar-refractivity contribution in [2.75, 3.05) is 0 Å². The first-order valence-corrected chi connectivity index (χ1v) is 7.25. The van der Waals surface area contributed by atoms with Gasteiger partial charge >= 0.3 is 0 Å². The summed E-state index contributed by atoms with van der Waals surface area (Å²) in [5.41, 5.74) is 2.63. The molecule has 2 fully saturated rings. The van der Waals surface area contributed by atoms with Crippen LogP contribution in [0.2, 0.25) is 0 Å². The fourth-order valence-corrected chi connectivity index (χ4v) is 3.09. The Morgan fingerprint density at radius 1 is 1.32 bits per heavy atom. The largest absolute Gasteiger partial charge is 0.300 e. The zero-order chi connectivity index (χ0) is 13.9. The standard InChI is InChI=1S/C15H14O.C3H8/c1-2-11-3-5-12(6-4-11)15-8-7-14(16)9-13(15)10-15;1-3-2/h1,3-6,13H,7-10H2;3H2,1-2H3. The van der Waals surface area contributed by atoms with Gasteiger partial charge in [-0.25, -0.2) is 0 Å². The van der Waals surface area contributed by atoms with Crippen LogP contribution < -0.4 is 0 Å². The summed E-state index contributed by atoms with van der Waals surface area (Å²) in [5, 5.41) is 0. The minimum atomic E-state index is 0.320. The Bertz CT molecular complexity index is 491. The SMILES string of the molecule is C#Cc1ccc(C23CCC(=O)CC2C3)cc1.CCC. The summed E-state index contributed by atoms with van der Waals surface area (Å²) < 4.78 is 0. The molecule has 0 bridgehead atoms. The average molecular weight is 254 g/mol. The molecular weight excluding hydrogens is 232 g/mol. The van der Waals surface area contributed by atoms with Gasteiger partial charge in [0.25, 0.3) is 0 Å². The molecule has 2 saturated carbocycles. The van der Waals surface area contributed by atoms with Crippen LogP contribution in [0.3, 0.4) is 0 Å². The van der Waals surface area contributed by atoms with Gasteiger partial charge in [0.1, 0.15) is 5.78 Å². The first kappa shape index (κ1) is 13.9. The number of hydrogen-bond acceptors (Lipinski definition) is 1. The van der Waals surface area contributed by atoms with E-state index in [1.807, 2.05) is 12.1 Å². The molecule has 3 rings (SSSR count). The molecule has 19 heavy (non-hydrogen) atoms. The van der Waals surface area contributed by atoms with Crippen LogP contribution >= 0.6 is 0 Å². The van der Waals surface area contributed by atoms with E-state index in [9.17, 15) is 4.79 Å². The third-order valence-corrected chi connectivity index (χ3v) is 4.18. The lowest BCUT2D eigenvalue weighted by molar-refractivity contribution is -0.120. The van der Waals surface area contributed by atoms with E-state index in [1.54, 1.807) is 0 Å². The van der Waals surface area contributed by atoms with Gasteiger partial charge in [0, 0.05) is 18.4 Å². The van der Waals surface area contributed by atoms with Crippen molar-refractivity contribution in [3.63, 3.8) is 0 Å². The van der Waals surface area contributed by atoms with Crippen LogP contribution in [0.1, 0.15) is 57.1 Å². The molecule has 1 heteroatoms. The van der Waals surface area contributed by atoms with Crippen LogP contribution in [0, 0.1) is 18.3 Å². The van der Waals surface area contributed by atoms with E-state index in [1.165, 1.54) is 18.4 Å². The summed E-state index contributed by atoms with van der Waals surface area (Å²) in [4.78, 5) is 11.3. The maximum absolute atomic E-state index is 11.3. The van der Waals surface area contributed by atoms with Gasteiger partial charge in [-0.1, -0.05) is 38.3 Å². The van der Waals surface area contributed by atoms with Crippen molar-refractivity contribution in [1.29, 1.82) is 0 Å². The van der Waals surface area contributed by atoms with E-state index in [0.717, 1.165) is 24.8 Å². The molecule has 2 atom stereocenters. The second-order valence-corrected chi connectivity index (χ2v) is 5.73. The zero-order valence-electron chi connectivity index (χ0n) is 11.9. The third kappa shape index (κ3) is 2.73. The molecule has 100 valence electrons. The summed E-state index contributed by atoms with van der Waals surface area (Å²) >= 11 is 0. The molecule has 0 amide bonds. The number of fused-ring (bicyclic) bond motifs is 1. The van der Waals surface area contributed by atoms with Gasteiger partial charge in [-0.15, -0.1) is 6.42 Å². The minimum Gasteiger partial charge on any atom is -0.300 e. The number of Topliss-reactive ketones (excluding diaryl/α,β-unsaturated/α-hetero) is 1. The summed E-state index contributed by atoms with van der Waals surface area (Å²) in [7, 11) is 0. The molecule has 0 saturated heterocycles. The highest BCUT2D eigenvalue weighted by molar-refractivity contribution is 5.81. The molecule has 1 aromatic rings. The molecular formula is C18H22O. The molecule has 2 unspecified atom stereocenters. The average Bonchev–Trinajstić information content (AvgIpc) is 3.14. The van der Waals surface area contributed by atoms with E-state index >= 15 is 0 Å². The van der Waals surface area contributed by atoms with E-state index in [2.05, 4.69) is 31.9 Å². The summed E-state index contributed by atoms with van der Waals surface area (Å²) in [6, 6.07) is 8.31. The molecule has 2 aliphatic rings. The molecule has 1 aromatic carbocycles. The Morgan fingerprint density at radius 2 is 1.95 bits per heavy atom. The molecule has 0 spiro atoms. The normalized spacial score (nSPS) is 27.6. The lowest BCUT2D eigenvalue weighted by Gasteiger charge is -2.21. The van der Waals surface area contributed by atoms with Crippen molar-refractivity contribution in [1.82, 2.24) is 0 Å². The fourth-order valence-electron chi connectivity index (χ4n) is 3.09. The van der Waals surface area contributed by atoms with Crippen LogP contribution in [-0.4, -0.2) is 5.78 Å². The molecule has 0 radical (unpaired) electrons. The number of carbonyl (C=O) groups is 1. The summed E-state index contributed by atoms with van der Waals surface area (Å²) in [5.74, 6) is 3.68. The predicted molar refractivity (Wildman–Crippen MR) is 79.0 cm³/mol. The highest BCUT2D eigenvalue weighted by Gasteiger charge is 2.57. The Morgan fingerprint density at radius 3 is 2.47 bits per heavy atom. The van der Waals surface area contributed by atoms with Gasteiger partial charge in [-0.3, -0.25) is 4.79 Å². The van der Waals surface area contributed by atoms with Crippen molar-refractivity contribution in [3.05, 3.63) is 35.4 Å². The number of terminal acetylenes is 1. The van der Waals surface area contributed by atoms with Crippen molar-refractivity contribution < 1.29 is 4.79 Å². The lowest BCUT2D eigenvalue weighted by atomic mass is 9.82. The second-order valence-electron chi connectivity index (χ2n) is 5.73. The maximum atomic E-state index is 11.3. The van der Waals surface area contributed by atoms with E-state index in [4.69, 9.17) is 6.42 Å². The number of carbonyl (C=O) groups excluding carboxylic acids is 1. The number of benzene rings is 1. The first-order chi connectivity index (χ1) is 9.16. The van der Waals surface area contributed by atoms with E-state index in [0.29, 0.717) is 17.1 Å². The Balaban J connectivity index is 0.000000408. The molecule has 0 heterocycles. The molecule has 0 aliphatic heterocycles. The van der Waals surface area contributed by atoms with Gasteiger partial charge in [0.2, 0.25) is 0 Å². The van der Waals surface area contributed by atoms with Crippen molar-refractivity contribution >= 4 is 5.78 Å². The van der Waals surface area contributed by atoms with E-state index < -0.39 is 0 Å². The fraction of sp³-hybridized carbons (Fsp3) is 0.500. The van der Waals surface area contributed by atoms with Crippen LogP contribution in [0.15, 0.2) is 24.3 Å². The van der Waals surface area contributed by atoms with Crippen molar-refractivity contribution in [2.24, 2.45) is 5.92 Å². The topological polar surface area (TPSA) is 17.1 Å². The predicted octanol–water partition coefficient (Wildman–Crippen LogP) is 4.09. The first-order valence-electron chi connectivity index (χ1n) is 7.25. The zero-order valence-corrected chi connectivity index (χ0v) is 11.9. The number of ketones is 1. The summed E-state index contributed by atoms with van der Waals surface area (Å²) in [6.07, 6.45) is 10.4. The molecule has 2 aliphatic carbocycles. The van der Waals surface area contributed by atoms with Crippen LogP contribution in [0.4, 0.5) is 0 Å². The van der Waals surface area contributed by atoms with Crippen LogP contribution in [0.5, 0.6) is 0 Å². The lowest BCUT2D eigenvalue weighted by Crippen LogP contribution is -2.19. The monoisotopic (exact) mass is 254 g/mol. The maximum Gasteiger partial charge on any atom is 0.133 e. The van der Waals surface area contributed by atoms with Crippen LogP contribution in [0.25, 0.3) is 0 Å². The third-order valence-electron chi connectivity index (χ3n) is 4.18. The highest BCUT2D eigenvalue weighted by Crippen LogP contribution is 2.61. The minimum absolute atomic E-state index is 0.320. The van der Waals surface area contributed by atoms with Gasteiger partial charge in [0.15, 0.2) is 0 Å². The molecule has 0 aromatic heterocycles. The summed E-state index contributed by atoms with van der Waals surface area (Å²) in [6.45, 7) is 4.25. The van der Waals surface area contributed by atoms with Crippen LogP contribution in [-0.2, 0) is 10.2 Å². The highest BCUT2D eigenvalue weighted by atomic mass is 16.1. The van der Waals surface area contributed by atoms with Gasteiger partial charge < -0.3 is 0 Å². The Kier molecular flexibility index (Phi) is 4.10. The Hall–Kier alpha value is -1.55.